The highest BCUT2D eigenvalue weighted by molar-refractivity contribution is 5.20. The summed E-state index contributed by atoms with van der Waals surface area (Å²) in [7, 11) is 1.95. The van der Waals surface area contributed by atoms with Crippen LogP contribution in [-0.4, -0.2) is 13.1 Å². The minimum atomic E-state index is 0.426. The van der Waals surface area contributed by atoms with Gasteiger partial charge in [-0.3, -0.25) is 0 Å². The lowest BCUT2D eigenvalue weighted by Crippen LogP contribution is -2.25. The molecule has 0 spiro atoms. The Labute approximate surface area is 69.2 Å². The molecule has 0 aliphatic heterocycles. The molecule has 0 bridgehead atoms. The molecule has 0 aliphatic carbocycles. The Hall–Kier alpha value is -0.760. The van der Waals surface area contributed by atoms with Gasteiger partial charge < -0.3 is 11.1 Å². The topological polar surface area (TPSA) is 38.0 Å². The highest BCUT2D eigenvalue weighted by Gasteiger charge is 2.03. The molecule has 2 heteroatoms. The van der Waals surface area contributed by atoms with Gasteiger partial charge in [0.1, 0.15) is 0 Å². The number of nitrogens with two attached hydrogens (primary N) is 1. The molecule has 0 fully saturated rings. The lowest BCUT2D eigenvalue weighted by Gasteiger charge is -2.14. The summed E-state index contributed by atoms with van der Waals surface area (Å²) in [6, 6.07) is 0.426. The monoisotopic (exact) mass is 154 g/mol. The average molecular weight is 154 g/mol. The zero-order valence-corrected chi connectivity index (χ0v) is 7.65. The van der Waals surface area contributed by atoms with Crippen LogP contribution in [0.2, 0.25) is 0 Å². The zero-order valence-electron chi connectivity index (χ0n) is 7.65. The number of allylic oxidation sites excluding steroid dienone is 1. The Balaban J connectivity index is 4.18. The van der Waals surface area contributed by atoms with Crippen molar-refractivity contribution in [2.45, 2.75) is 26.3 Å². The molecule has 0 aromatic carbocycles. The maximum Gasteiger partial charge on any atom is 0.0275 e. The molecule has 0 heterocycles. The maximum absolute atomic E-state index is 5.44. The van der Waals surface area contributed by atoms with Crippen molar-refractivity contribution in [2.75, 3.05) is 7.05 Å². The van der Waals surface area contributed by atoms with E-state index in [0.717, 1.165) is 6.42 Å². The molecule has 0 aromatic rings. The van der Waals surface area contributed by atoms with Crippen molar-refractivity contribution in [1.82, 2.24) is 5.32 Å². The van der Waals surface area contributed by atoms with Crippen molar-refractivity contribution in [3.8, 4) is 0 Å². The lowest BCUT2D eigenvalue weighted by atomic mass is 10.1. The predicted molar refractivity (Wildman–Crippen MR) is 50.2 cm³/mol. The molecule has 0 saturated heterocycles. The number of hydrogen-bond donors (Lipinski definition) is 2. The highest BCUT2D eigenvalue weighted by atomic mass is 14.9. The normalized spacial score (nSPS) is 14.6. The summed E-state index contributed by atoms with van der Waals surface area (Å²) in [4.78, 5) is 0. The Bertz CT molecular complexity index is 155. The summed E-state index contributed by atoms with van der Waals surface area (Å²) in [5, 5.41) is 3.19. The first-order valence-corrected chi connectivity index (χ1v) is 3.91. The third kappa shape index (κ3) is 3.83. The van der Waals surface area contributed by atoms with E-state index < -0.39 is 0 Å². The van der Waals surface area contributed by atoms with Gasteiger partial charge in [0, 0.05) is 11.7 Å². The van der Waals surface area contributed by atoms with Crippen LogP contribution >= 0.6 is 0 Å². The Morgan fingerprint density at radius 3 is 2.55 bits per heavy atom. The third-order valence-electron chi connectivity index (χ3n) is 1.72. The number of rotatable bonds is 4. The molecule has 64 valence electrons. The first-order chi connectivity index (χ1) is 5.11. The largest absolute Gasteiger partial charge is 0.399 e. The molecular formula is C9H18N2. The smallest absolute Gasteiger partial charge is 0.0275 e. The standard InChI is InChI=1S/C9H18N2/c1-5-9(11-4)7(2)6-8(3)10/h6,9,11H,3,5,10H2,1-2,4H3/b7-6+/t9-/m0/s1. The number of nitrogens with one attached hydrogen (secondary N) is 1. The Morgan fingerprint density at radius 1 is 1.73 bits per heavy atom. The fraction of sp³-hybridized carbons (Fsp3) is 0.556. The van der Waals surface area contributed by atoms with Gasteiger partial charge in [0.2, 0.25) is 0 Å². The van der Waals surface area contributed by atoms with E-state index in [-0.39, 0.29) is 0 Å². The maximum atomic E-state index is 5.44. The van der Waals surface area contributed by atoms with E-state index in [2.05, 4.69) is 25.7 Å². The Morgan fingerprint density at radius 2 is 2.27 bits per heavy atom. The molecule has 0 aromatic heterocycles. The SMILES string of the molecule is C=C(N)/C=C(\C)[C@H](CC)NC. The van der Waals surface area contributed by atoms with E-state index >= 15 is 0 Å². The number of hydrogen-bond acceptors (Lipinski definition) is 2. The molecule has 0 saturated carbocycles. The van der Waals surface area contributed by atoms with Gasteiger partial charge in [0.15, 0.2) is 0 Å². The van der Waals surface area contributed by atoms with E-state index in [4.69, 9.17) is 5.73 Å². The van der Waals surface area contributed by atoms with E-state index in [9.17, 15) is 0 Å². The van der Waals surface area contributed by atoms with Crippen LogP contribution in [0, 0.1) is 0 Å². The fourth-order valence-corrected chi connectivity index (χ4v) is 1.15. The van der Waals surface area contributed by atoms with Gasteiger partial charge >= 0.3 is 0 Å². The molecule has 3 N–H and O–H groups in total. The average Bonchev–Trinajstić information content (AvgIpc) is 1.88. The van der Waals surface area contributed by atoms with E-state index in [1.807, 2.05) is 13.1 Å². The van der Waals surface area contributed by atoms with Crippen molar-refractivity contribution in [2.24, 2.45) is 5.73 Å². The van der Waals surface area contributed by atoms with Crippen LogP contribution in [0.15, 0.2) is 23.9 Å². The van der Waals surface area contributed by atoms with Crippen LogP contribution in [0.3, 0.4) is 0 Å². The van der Waals surface area contributed by atoms with Gasteiger partial charge in [-0.1, -0.05) is 19.1 Å². The minimum Gasteiger partial charge on any atom is -0.399 e. The highest BCUT2D eigenvalue weighted by Crippen LogP contribution is 2.05. The van der Waals surface area contributed by atoms with Crippen molar-refractivity contribution >= 4 is 0 Å². The van der Waals surface area contributed by atoms with Gasteiger partial charge in [0.25, 0.3) is 0 Å². The summed E-state index contributed by atoms with van der Waals surface area (Å²) in [5.41, 5.74) is 7.30. The summed E-state index contributed by atoms with van der Waals surface area (Å²) in [6.45, 7) is 7.81. The summed E-state index contributed by atoms with van der Waals surface area (Å²) in [5.74, 6) is 0. The van der Waals surface area contributed by atoms with Crippen molar-refractivity contribution < 1.29 is 0 Å². The first-order valence-electron chi connectivity index (χ1n) is 3.91. The molecule has 2 nitrogen and oxygen atoms in total. The van der Waals surface area contributed by atoms with Crippen LogP contribution in [-0.2, 0) is 0 Å². The number of likely N-dealkylation sites (N-methyl/N-ethyl adjacent to an activating group) is 1. The summed E-state index contributed by atoms with van der Waals surface area (Å²) >= 11 is 0. The quantitative estimate of drug-likeness (QED) is 0.601. The molecule has 0 rings (SSSR count). The van der Waals surface area contributed by atoms with Crippen molar-refractivity contribution in [1.29, 1.82) is 0 Å². The molecule has 0 unspecified atom stereocenters. The zero-order chi connectivity index (χ0) is 8.85. The van der Waals surface area contributed by atoms with Gasteiger partial charge in [-0.05, 0) is 26.5 Å². The third-order valence-corrected chi connectivity index (χ3v) is 1.72. The van der Waals surface area contributed by atoms with Crippen molar-refractivity contribution in [3.05, 3.63) is 23.9 Å². The second kappa shape index (κ2) is 4.97. The minimum absolute atomic E-state index is 0.426. The molecule has 0 aliphatic rings. The van der Waals surface area contributed by atoms with Crippen LogP contribution in [0.5, 0.6) is 0 Å². The van der Waals surface area contributed by atoms with Crippen molar-refractivity contribution in [3.63, 3.8) is 0 Å². The second-order valence-electron chi connectivity index (χ2n) is 2.71. The molecule has 1 atom stereocenters. The van der Waals surface area contributed by atoms with Crippen LogP contribution < -0.4 is 11.1 Å². The van der Waals surface area contributed by atoms with Gasteiger partial charge in [0.05, 0.1) is 0 Å². The second-order valence-corrected chi connectivity index (χ2v) is 2.71. The lowest BCUT2D eigenvalue weighted by molar-refractivity contribution is 0.616. The van der Waals surface area contributed by atoms with Crippen LogP contribution in [0.1, 0.15) is 20.3 Å². The van der Waals surface area contributed by atoms with Gasteiger partial charge in [-0.25, -0.2) is 0 Å². The summed E-state index contributed by atoms with van der Waals surface area (Å²) in [6.07, 6.45) is 2.98. The molecular weight excluding hydrogens is 136 g/mol. The summed E-state index contributed by atoms with van der Waals surface area (Å²) < 4.78 is 0. The fourth-order valence-electron chi connectivity index (χ4n) is 1.15. The van der Waals surface area contributed by atoms with Gasteiger partial charge in [-0.15, -0.1) is 0 Å². The molecule has 0 amide bonds. The van der Waals surface area contributed by atoms with Crippen LogP contribution in [0.4, 0.5) is 0 Å². The predicted octanol–water partition coefficient (Wildman–Crippen LogP) is 1.40. The molecule has 0 radical (unpaired) electrons. The van der Waals surface area contributed by atoms with Gasteiger partial charge in [-0.2, -0.15) is 0 Å². The first kappa shape index (κ1) is 10.2. The van der Waals surface area contributed by atoms with E-state index in [1.54, 1.807) is 0 Å². The van der Waals surface area contributed by atoms with E-state index in [0.29, 0.717) is 11.7 Å². The Kier molecular flexibility index (Phi) is 4.62. The van der Waals surface area contributed by atoms with E-state index in [1.165, 1.54) is 5.57 Å². The van der Waals surface area contributed by atoms with Crippen LogP contribution in [0.25, 0.3) is 0 Å². The molecule has 11 heavy (non-hydrogen) atoms.